The minimum atomic E-state index is -0.0477. The molecule has 0 saturated carbocycles. The second-order valence-corrected chi connectivity index (χ2v) is 7.70. The Morgan fingerprint density at radius 1 is 1.50 bits per heavy atom. The molecule has 1 amide bonds. The van der Waals surface area contributed by atoms with Crippen LogP contribution in [0, 0.1) is 15.9 Å². The lowest BCUT2D eigenvalue weighted by Crippen LogP contribution is -2.28. The van der Waals surface area contributed by atoms with Gasteiger partial charge in [-0.2, -0.15) is 0 Å². The average molecular weight is 473 g/mol. The highest BCUT2D eigenvalue weighted by atomic mass is 127. The summed E-state index contributed by atoms with van der Waals surface area (Å²) in [5.74, 6) is 3.57. The van der Waals surface area contributed by atoms with Gasteiger partial charge in [0.05, 0.1) is 15.6 Å². The number of halogens is 1. The Morgan fingerprint density at radius 2 is 2.25 bits per heavy atom. The minimum Gasteiger partial charge on any atom is -0.493 e. The predicted molar refractivity (Wildman–Crippen MR) is 110 cm³/mol. The number of thiocarbonyl (C=S) groups is 1. The van der Waals surface area contributed by atoms with E-state index in [1.807, 2.05) is 25.1 Å². The fourth-order valence-electron chi connectivity index (χ4n) is 2.14. The van der Waals surface area contributed by atoms with Crippen LogP contribution in [0.3, 0.4) is 0 Å². The zero-order valence-corrected chi connectivity index (χ0v) is 17.1. The molecule has 1 aromatic rings. The van der Waals surface area contributed by atoms with Crippen LogP contribution in [0.2, 0.25) is 0 Å². The van der Waals surface area contributed by atoms with Crippen molar-refractivity contribution < 1.29 is 14.3 Å². The standard InChI is InChI=1S/C17H16INO3S2/c1-4-6-19-16(20)14(24-17(19)23)10-11-8-12(18)15(22-7-5-2)13(9-11)21-3/h2,8-10H,4,6-7H2,1,3H3/b14-10-. The number of hydrogen-bond donors (Lipinski definition) is 0. The second kappa shape index (κ2) is 8.74. The molecule has 1 fully saturated rings. The Kier molecular flexibility index (Phi) is 6.95. The molecule has 4 nitrogen and oxygen atoms in total. The second-order valence-electron chi connectivity index (χ2n) is 4.86. The number of hydrogen-bond acceptors (Lipinski definition) is 5. The monoisotopic (exact) mass is 473 g/mol. The third-order valence-corrected chi connectivity index (χ3v) is 5.35. The molecule has 0 N–H and O–H groups in total. The normalized spacial score (nSPS) is 15.8. The number of terminal acetylenes is 1. The van der Waals surface area contributed by atoms with Gasteiger partial charge in [0, 0.05) is 6.54 Å². The third-order valence-electron chi connectivity index (χ3n) is 3.17. The molecule has 0 spiro atoms. The molecule has 1 aliphatic heterocycles. The van der Waals surface area contributed by atoms with Crippen molar-refractivity contribution in [2.45, 2.75) is 13.3 Å². The molecule has 0 aliphatic carbocycles. The molecule has 24 heavy (non-hydrogen) atoms. The smallest absolute Gasteiger partial charge is 0.266 e. The Morgan fingerprint density at radius 3 is 2.88 bits per heavy atom. The van der Waals surface area contributed by atoms with E-state index in [1.54, 1.807) is 12.0 Å². The van der Waals surface area contributed by atoms with Crippen molar-refractivity contribution in [3.05, 3.63) is 26.2 Å². The largest absolute Gasteiger partial charge is 0.493 e. The van der Waals surface area contributed by atoms with Crippen molar-refractivity contribution in [3.63, 3.8) is 0 Å². The molecule has 1 heterocycles. The van der Waals surface area contributed by atoms with Gasteiger partial charge in [-0.1, -0.05) is 36.8 Å². The number of ether oxygens (including phenoxy) is 2. The van der Waals surface area contributed by atoms with Crippen LogP contribution in [0.5, 0.6) is 11.5 Å². The summed E-state index contributed by atoms with van der Waals surface area (Å²) in [5, 5.41) is 0. The molecule has 0 bridgehead atoms. The van der Waals surface area contributed by atoms with Gasteiger partial charge in [-0.3, -0.25) is 9.69 Å². The molecule has 1 aromatic carbocycles. The molecule has 0 radical (unpaired) electrons. The first-order valence-electron chi connectivity index (χ1n) is 7.21. The molecule has 0 unspecified atom stereocenters. The van der Waals surface area contributed by atoms with Crippen LogP contribution >= 0.6 is 46.6 Å². The maximum Gasteiger partial charge on any atom is 0.266 e. The van der Waals surface area contributed by atoms with E-state index in [4.69, 9.17) is 28.1 Å². The van der Waals surface area contributed by atoms with Crippen molar-refractivity contribution in [1.82, 2.24) is 4.90 Å². The van der Waals surface area contributed by atoms with Crippen LogP contribution in [0.1, 0.15) is 18.9 Å². The molecule has 1 saturated heterocycles. The van der Waals surface area contributed by atoms with E-state index >= 15 is 0 Å². The van der Waals surface area contributed by atoms with Gasteiger partial charge < -0.3 is 9.47 Å². The van der Waals surface area contributed by atoms with Crippen molar-refractivity contribution in [1.29, 1.82) is 0 Å². The van der Waals surface area contributed by atoms with Crippen LogP contribution in [-0.4, -0.2) is 35.4 Å². The van der Waals surface area contributed by atoms with Gasteiger partial charge in [0.25, 0.3) is 5.91 Å². The van der Waals surface area contributed by atoms with Crippen molar-refractivity contribution in [2.75, 3.05) is 20.3 Å². The van der Waals surface area contributed by atoms with Crippen molar-refractivity contribution in [3.8, 4) is 23.8 Å². The van der Waals surface area contributed by atoms with E-state index in [1.165, 1.54) is 11.8 Å². The van der Waals surface area contributed by atoms with Crippen molar-refractivity contribution >= 4 is 62.9 Å². The number of rotatable bonds is 6. The highest BCUT2D eigenvalue weighted by molar-refractivity contribution is 14.1. The van der Waals surface area contributed by atoms with Gasteiger partial charge in [-0.05, 0) is 52.8 Å². The van der Waals surface area contributed by atoms with Gasteiger partial charge in [-0.15, -0.1) is 6.42 Å². The lowest BCUT2D eigenvalue weighted by atomic mass is 10.2. The van der Waals surface area contributed by atoms with Crippen LogP contribution in [-0.2, 0) is 4.79 Å². The summed E-state index contributed by atoms with van der Waals surface area (Å²) in [5.41, 5.74) is 0.848. The summed E-state index contributed by atoms with van der Waals surface area (Å²) in [6.45, 7) is 2.83. The average Bonchev–Trinajstić information content (AvgIpc) is 2.81. The van der Waals surface area contributed by atoms with Gasteiger partial charge in [0.15, 0.2) is 11.5 Å². The Bertz CT molecular complexity index is 740. The van der Waals surface area contributed by atoms with Crippen molar-refractivity contribution in [2.24, 2.45) is 0 Å². The fraction of sp³-hybridized carbons (Fsp3) is 0.294. The lowest BCUT2D eigenvalue weighted by Gasteiger charge is -2.12. The predicted octanol–water partition coefficient (Wildman–Crippen LogP) is 3.92. The molecule has 7 heteroatoms. The molecule has 2 rings (SSSR count). The highest BCUT2D eigenvalue weighted by Crippen LogP contribution is 2.37. The zero-order chi connectivity index (χ0) is 17.7. The first kappa shape index (κ1) is 19.1. The molecule has 0 aromatic heterocycles. The molecule has 0 atom stereocenters. The van der Waals surface area contributed by atoms with E-state index < -0.39 is 0 Å². The number of carbonyl (C=O) groups is 1. The molecule has 1 aliphatic rings. The van der Waals surface area contributed by atoms with Crippen LogP contribution in [0.15, 0.2) is 17.0 Å². The van der Waals surface area contributed by atoms with E-state index in [2.05, 4.69) is 28.5 Å². The minimum absolute atomic E-state index is 0.0477. The summed E-state index contributed by atoms with van der Waals surface area (Å²) in [6.07, 6.45) is 7.93. The number of nitrogens with zero attached hydrogens (tertiary/aromatic N) is 1. The van der Waals surface area contributed by atoms with Gasteiger partial charge in [0.1, 0.15) is 10.9 Å². The van der Waals surface area contributed by atoms with Crippen LogP contribution in [0.4, 0.5) is 0 Å². The Hall–Kier alpha value is -1.24. The van der Waals surface area contributed by atoms with Crippen LogP contribution in [0.25, 0.3) is 6.08 Å². The Balaban J connectivity index is 2.33. The molecular formula is C17H16INO3S2. The van der Waals surface area contributed by atoms with E-state index in [0.29, 0.717) is 27.3 Å². The Labute approximate surface area is 165 Å². The highest BCUT2D eigenvalue weighted by Gasteiger charge is 2.31. The van der Waals surface area contributed by atoms with E-state index in [0.717, 1.165) is 15.6 Å². The number of methoxy groups -OCH3 is 1. The molecule has 126 valence electrons. The fourth-order valence-corrected chi connectivity index (χ4v) is 4.23. The van der Waals surface area contributed by atoms with Gasteiger partial charge in [0.2, 0.25) is 0 Å². The number of benzene rings is 1. The SMILES string of the molecule is C#CCOc1c(I)cc(/C=C2\SC(=S)N(CCC)C2=O)cc1OC. The molecular weight excluding hydrogens is 457 g/mol. The third kappa shape index (κ3) is 4.23. The number of carbonyl (C=O) groups excluding carboxylic acids is 1. The number of thioether (sulfide) groups is 1. The topological polar surface area (TPSA) is 38.8 Å². The van der Waals surface area contributed by atoms with E-state index in [-0.39, 0.29) is 12.5 Å². The maximum atomic E-state index is 12.4. The van der Waals surface area contributed by atoms with Gasteiger partial charge in [-0.25, -0.2) is 0 Å². The first-order valence-corrected chi connectivity index (χ1v) is 9.51. The van der Waals surface area contributed by atoms with Crippen LogP contribution < -0.4 is 9.47 Å². The zero-order valence-electron chi connectivity index (χ0n) is 13.3. The lowest BCUT2D eigenvalue weighted by molar-refractivity contribution is -0.122. The van der Waals surface area contributed by atoms with Gasteiger partial charge >= 0.3 is 0 Å². The van der Waals surface area contributed by atoms with E-state index in [9.17, 15) is 4.79 Å². The quantitative estimate of drug-likeness (QED) is 0.271. The summed E-state index contributed by atoms with van der Waals surface area (Å²) in [7, 11) is 1.57. The summed E-state index contributed by atoms with van der Waals surface area (Å²) >= 11 is 8.76. The summed E-state index contributed by atoms with van der Waals surface area (Å²) in [6, 6.07) is 3.74. The maximum absolute atomic E-state index is 12.4. The number of amides is 1. The summed E-state index contributed by atoms with van der Waals surface area (Å²) < 4.78 is 12.4. The summed E-state index contributed by atoms with van der Waals surface area (Å²) in [4.78, 5) is 14.7. The first-order chi connectivity index (χ1) is 11.5.